The van der Waals surface area contributed by atoms with Gasteiger partial charge in [-0.05, 0) is 135 Å². The first-order valence-corrected chi connectivity index (χ1v) is 19.9. The SMILES string of the molecule is CC1=C(C)C(C)C([SiH2]c2cccc(-c3cc(-c4ccccc4)cc(-c4ccccc4)c3)c2-c2cc(-c3ccccc3)cc(-c3ccccc3)c2)=C1C. The fraction of sp³-hybridized carbons (Fsp3) is 0.0980. The topological polar surface area (TPSA) is 0 Å². The van der Waals surface area contributed by atoms with Crippen LogP contribution in [0.4, 0.5) is 0 Å². The molecule has 0 amide bonds. The minimum absolute atomic E-state index is 0.491. The maximum Gasteiger partial charge on any atom is 0.0843 e. The van der Waals surface area contributed by atoms with E-state index < -0.39 is 9.52 Å². The van der Waals surface area contributed by atoms with E-state index in [2.05, 4.69) is 204 Å². The molecule has 0 saturated heterocycles. The highest BCUT2D eigenvalue weighted by molar-refractivity contribution is 6.63. The molecule has 7 aromatic rings. The van der Waals surface area contributed by atoms with Crippen molar-refractivity contribution in [1.29, 1.82) is 0 Å². The summed E-state index contributed by atoms with van der Waals surface area (Å²) in [6.07, 6.45) is 0. The number of hydrogen-bond acceptors (Lipinski definition) is 0. The second kappa shape index (κ2) is 14.5. The van der Waals surface area contributed by atoms with E-state index in [0.29, 0.717) is 5.92 Å². The molecule has 1 unspecified atom stereocenters. The molecular formula is C51H44Si. The van der Waals surface area contributed by atoms with Gasteiger partial charge in [0.25, 0.3) is 0 Å². The molecule has 0 N–H and O–H groups in total. The van der Waals surface area contributed by atoms with Gasteiger partial charge in [-0.15, -0.1) is 0 Å². The molecule has 1 atom stereocenters. The van der Waals surface area contributed by atoms with Crippen LogP contribution in [0.5, 0.6) is 0 Å². The number of benzene rings is 7. The van der Waals surface area contributed by atoms with Gasteiger partial charge in [0.05, 0.1) is 9.52 Å². The van der Waals surface area contributed by atoms with Gasteiger partial charge in [-0.2, -0.15) is 0 Å². The Balaban J connectivity index is 1.41. The lowest BCUT2D eigenvalue weighted by molar-refractivity contribution is 0.856. The summed E-state index contributed by atoms with van der Waals surface area (Å²) in [5.74, 6) is 0.491. The fourth-order valence-electron chi connectivity index (χ4n) is 8.01. The summed E-state index contributed by atoms with van der Waals surface area (Å²) < 4.78 is 0. The molecular weight excluding hydrogens is 641 g/mol. The van der Waals surface area contributed by atoms with Gasteiger partial charge in [0.2, 0.25) is 0 Å². The molecule has 0 aliphatic heterocycles. The third-order valence-electron chi connectivity index (χ3n) is 11.2. The molecule has 1 heteroatoms. The van der Waals surface area contributed by atoms with Crippen molar-refractivity contribution in [2.24, 2.45) is 5.92 Å². The molecule has 1 aliphatic carbocycles. The van der Waals surface area contributed by atoms with Crippen LogP contribution in [-0.4, -0.2) is 9.52 Å². The van der Waals surface area contributed by atoms with Crippen molar-refractivity contribution in [3.63, 3.8) is 0 Å². The second-order valence-corrected chi connectivity index (χ2v) is 16.1. The highest BCUT2D eigenvalue weighted by atomic mass is 28.2. The first-order chi connectivity index (χ1) is 25.4. The molecule has 0 fully saturated rings. The number of allylic oxidation sites excluding steroid dienone is 4. The third-order valence-corrected chi connectivity index (χ3v) is 13.7. The van der Waals surface area contributed by atoms with Gasteiger partial charge < -0.3 is 0 Å². The molecule has 0 bridgehead atoms. The Bertz CT molecular complexity index is 2320. The molecule has 8 rings (SSSR count). The van der Waals surface area contributed by atoms with Crippen LogP contribution >= 0.6 is 0 Å². The lowest BCUT2D eigenvalue weighted by Crippen LogP contribution is -2.23. The van der Waals surface area contributed by atoms with Crippen LogP contribution < -0.4 is 5.19 Å². The molecule has 1 aliphatic rings. The van der Waals surface area contributed by atoms with Gasteiger partial charge in [0, 0.05) is 0 Å². The predicted octanol–water partition coefficient (Wildman–Crippen LogP) is 12.7. The van der Waals surface area contributed by atoms with E-state index in [4.69, 9.17) is 0 Å². The Labute approximate surface area is 311 Å². The van der Waals surface area contributed by atoms with Gasteiger partial charge in [-0.3, -0.25) is 0 Å². The molecule has 0 spiro atoms. The van der Waals surface area contributed by atoms with Crippen LogP contribution in [0, 0.1) is 5.92 Å². The van der Waals surface area contributed by atoms with Crippen LogP contribution in [0.3, 0.4) is 0 Å². The van der Waals surface area contributed by atoms with Gasteiger partial charge in [-0.1, -0.05) is 168 Å². The van der Waals surface area contributed by atoms with Crippen LogP contribution in [-0.2, 0) is 0 Å². The summed E-state index contributed by atoms with van der Waals surface area (Å²) in [4.78, 5) is 0. The van der Waals surface area contributed by atoms with Crippen molar-refractivity contribution in [2.75, 3.05) is 0 Å². The van der Waals surface area contributed by atoms with E-state index in [1.165, 1.54) is 88.7 Å². The highest BCUT2D eigenvalue weighted by Crippen LogP contribution is 2.41. The van der Waals surface area contributed by atoms with Crippen LogP contribution in [0.15, 0.2) is 198 Å². The van der Waals surface area contributed by atoms with Crippen molar-refractivity contribution in [1.82, 2.24) is 0 Å². The van der Waals surface area contributed by atoms with Crippen molar-refractivity contribution in [3.05, 3.63) is 198 Å². The largest absolute Gasteiger partial charge is 0.0843 e. The normalized spacial score (nSPS) is 14.5. The highest BCUT2D eigenvalue weighted by Gasteiger charge is 2.26. The summed E-state index contributed by atoms with van der Waals surface area (Å²) in [5, 5.41) is 3.16. The van der Waals surface area contributed by atoms with Crippen molar-refractivity contribution >= 4 is 14.7 Å². The van der Waals surface area contributed by atoms with Crippen LogP contribution in [0.1, 0.15) is 27.7 Å². The average molecular weight is 685 g/mol. The van der Waals surface area contributed by atoms with Gasteiger partial charge in [0.15, 0.2) is 0 Å². The van der Waals surface area contributed by atoms with Crippen molar-refractivity contribution in [2.45, 2.75) is 27.7 Å². The Morgan fingerprint density at radius 2 is 0.750 bits per heavy atom. The lowest BCUT2D eigenvalue weighted by atomic mass is 9.87. The third kappa shape index (κ3) is 6.56. The molecule has 0 nitrogen and oxygen atoms in total. The monoisotopic (exact) mass is 684 g/mol. The van der Waals surface area contributed by atoms with E-state index in [1.54, 1.807) is 5.20 Å². The zero-order chi connectivity index (χ0) is 35.6. The number of hydrogen-bond donors (Lipinski definition) is 0. The summed E-state index contributed by atoms with van der Waals surface area (Å²) >= 11 is 0. The molecule has 52 heavy (non-hydrogen) atoms. The van der Waals surface area contributed by atoms with Crippen LogP contribution in [0.25, 0.3) is 66.8 Å². The minimum atomic E-state index is -0.825. The summed E-state index contributed by atoms with van der Waals surface area (Å²) in [6, 6.07) is 64.8. The Hall–Kier alpha value is -5.76. The summed E-state index contributed by atoms with van der Waals surface area (Å²) in [5.41, 5.74) is 19.5. The van der Waals surface area contributed by atoms with E-state index in [9.17, 15) is 0 Å². The smallest absolute Gasteiger partial charge is 0.0727 e. The van der Waals surface area contributed by atoms with Gasteiger partial charge >= 0.3 is 0 Å². The van der Waals surface area contributed by atoms with Crippen molar-refractivity contribution in [3.8, 4) is 66.8 Å². The predicted molar refractivity (Wildman–Crippen MR) is 227 cm³/mol. The molecule has 0 radical (unpaired) electrons. The zero-order valence-electron chi connectivity index (χ0n) is 30.5. The minimum Gasteiger partial charge on any atom is -0.0727 e. The Kier molecular flexibility index (Phi) is 9.29. The first-order valence-electron chi connectivity index (χ1n) is 18.5. The first kappa shape index (κ1) is 33.4. The Morgan fingerprint density at radius 1 is 0.365 bits per heavy atom. The average Bonchev–Trinajstić information content (AvgIpc) is 3.39. The van der Waals surface area contributed by atoms with E-state index in [-0.39, 0.29) is 0 Å². The molecule has 0 saturated carbocycles. The maximum atomic E-state index is 2.44. The molecule has 252 valence electrons. The lowest BCUT2D eigenvalue weighted by Gasteiger charge is -2.21. The van der Waals surface area contributed by atoms with Gasteiger partial charge in [-0.25, -0.2) is 0 Å². The zero-order valence-corrected chi connectivity index (χ0v) is 31.9. The van der Waals surface area contributed by atoms with E-state index in [1.807, 2.05) is 0 Å². The van der Waals surface area contributed by atoms with Crippen molar-refractivity contribution < 1.29 is 0 Å². The summed E-state index contributed by atoms with van der Waals surface area (Å²) in [6.45, 7) is 9.42. The quantitative estimate of drug-likeness (QED) is 0.140. The fourth-order valence-corrected chi connectivity index (χ4v) is 10.4. The molecule has 0 aromatic heterocycles. The molecule has 0 heterocycles. The van der Waals surface area contributed by atoms with E-state index >= 15 is 0 Å². The van der Waals surface area contributed by atoms with Crippen LogP contribution in [0.2, 0.25) is 0 Å². The Morgan fingerprint density at radius 3 is 1.13 bits per heavy atom. The standard InChI is InChI=1S/C51H44Si/c1-34-35(2)37(4)51(36(34)3)52-49-27-17-26-48(46-30-42(38-18-9-5-10-19-38)28-43(31-46)39-20-11-6-12-21-39)50(49)47-32-44(40-22-13-7-14-23-40)29-45(33-47)41-24-15-8-16-25-41/h5-33,36H,52H2,1-4H3. The van der Waals surface area contributed by atoms with E-state index in [0.717, 1.165) is 0 Å². The maximum absolute atomic E-state index is 2.44. The summed E-state index contributed by atoms with van der Waals surface area (Å²) in [7, 11) is -0.825. The molecule has 7 aromatic carbocycles. The number of rotatable bonds is 8. The second-order valence-electron chi connectivity index (χ2n) is 14.3. The van der Waals surface area contributed by atoms with Gasteiger partial charge in [0.1, 0.15) is 0 Å².